The topological polar surface area (TPSA) is 77.8 Å². The standard InChI is InChI=1S/C22H20O2.C22H18O2.B.Na.S4.S3.H/c2*1-14-11-15(13-23)21(24)20(12-14)22(2)18-9-5-3-7-16(18)17-8-4-6-10-19(17)22;;;1-3-4-2;1-3-2;/h3-12,23-24H,13H2,1-2H3;3-13,24H,1-2H3;;;;;/q;;;+1;;;-1. The van der Waals surface area contributed by atoms with Crippen LogP contribution in [-0.2, 0) is 88.8 Å². The Bertz CT molecular complexity index is 2450. The van der Waals surface area contributed by atoms with Crippen LogP contribution < -0.4 is 29.6 Å². The maximum atomic E-state index is 11.4. The first kappa shape index (κ1) is 48.5. The van der Waals surface area contributed by atoms with Crippen molar-refractivity contribution >= 4 is 86.1 Å². The molecule has 6 aromatic carbocycles. The summed E-state index contributed by atoms with van der Waals surface area (Å²) in [7, 11) is 3.26. The van der Waals surface area contributed by atoms with Crippen molar-refractivity contribution < 1.29 is 51.1 Å². The van der Waals surface area contributed by atoms with Crippen molar-refractivity contribution in [1.82, 2.24) is 0 Å². The Morgan fingerprint density at radius 2 is 0.895 bits per heavy atom. The van der Waals surface area contributed by atoms with E-state index in [1.165, 1.54) is 51.1 Å². The number of hydrogen-bond donors (Lipinski definition) is 3. The predicted molar refractivity (Wildman–Crippen MR) is 250 cm³/mol. The van der Waals surface area contributed by atoms with Crippen LogP contribution in [0.5, 0.6) is 11.5 Å². The van der Waals surface area contributed by atoms with Crippen LogP contribution in [0.25, 0.3) is 22.3 Å². The van der Waals surface area contributed by atoms with E-state index in [1.54, 1.807) is 6.07 Å². The molecule has 13 heteroatoms. The molecule has 0 amide bonds. The number of phenolic OH excluding ortho intramolecular Hbond substituents is 1. The summed E-state index contributed by atoms with van der Waals surface area (Å²) in [6.45, 7) is 8.07. The quantitative estimate of drug-likeness (QED) is 0.145. The van der Waals surface area contributed by atoms with Crippen molar-refractivity contribution in [1.29, 1.82) is 0 Å². The second-order valence-electron chi connectivity index (χ2n) is 13.5. The normalized spacial score (nSPS) is 12.5. The van der Waals surface area contributed by atoms with Gasteiger partial charge in [0.2, 0.25) is 0 Å². The van der Waals surface area contributed by atoms with Crippen molar-refractivity contribution in [3.05, 3.63) is 177 Å². The Labute approximate surface area is 389 Å². The first-order chi connectivity index (χ1) is 26.5. The zero-order valence-corrected chi connectivity index (χ0v) is 39.7. The van der Waals surface area contributed by atoms with Crippen LogP contribution in [0.2, 0.25) is 0 Å². The molecular weight excluding hydrogens is 851 g/mol. The minimum absolute atomic E-state index is 0. The number of aliphatic hydroxyl groups excluding tert-OH is 1. The van der Waals surface area contributed by atoms with E-state index in [0.29, 0.717) is 11.1 Å². The van der Waals surface area contributed by atoms with Gasteiger partial charge < -0.3 is 16.7 Å². The Hall–Kier alpha value is -2.85. The molecule has 0 saturated carbocycles. The zero-order chi connectivity index (χ0) is 39.9. The largest absolute Gasteiger partial charge is 1.00 e. The number of aliphatic hydroxyl groups is 1. The minimum atomic E-state index is -0.485. The maximum Gasteiger partial charge on any atom is 1.00 e. The fourth-order valence-electron chi connectivity index (χ4n) is 8.12. The van der Waals surface area contributed by atoms with E-state index in [-0.39, 0.29) is 57.5 Å². The van der Waals surface area contributed by atoms with Crippen LogP contribution >= 0.6 is 0 Å². The van der Waals surface area contributed by atoms with Gasteiger partial charge >= 0.3 is 29.6 Å². The molecule has 0 saturated heterocycles. The summed E-state index contributed by atoms with van der Waals surface area (Å²) in [5, 5.41) is 31.2. The number of rotatable bonds is 4. The summed E-state index contributed by atoms with van der Waals surface area (Å²) >= 11 is 16.9. The van der Waals surface area contributed by atoms with Gasteiger partial charge in [0.25, 0.3) is 0 Å². The van der Waals surface area contributed by atoms with E-state index in [4.69, 9.17) is 0 Å². The number of carbonyl (C=O) groups excluding carboxylic acids is 1. The number of aromatic hydroxyl groups is 2. The average Bonchev–Trinajstić information content (AvgIpc) is 3.63. The fraction of sp³-hybridized carbons (Fsp3) is 0.159. The van der Waals surface area contributed by atoms with Crippen LogP contribution in [0.3, 0.4) is 0 Å². The van der Waals surface area contributed by atoms with Gasteiger partial charge in [-0.25, -0.2) is 0 Å². The smallest absolute Gasteiger partial charge is 1.00 e. The van der Waals surface area contributed by atoms with Gasteiger partial charge in [0.05, 0.1) is 12.2 Å². The molecule has 0 aliphatic heterocycles. The van der Waals surface area contributed by atoms with Crippen molar-refractivity contribution in [2.24, 2.45) is 0 Å². The number of aldehydes is 1. The van der Waals surface area contributed by atoms with E-state index in [2.05, 4.69) is 119 Å². The van der Waals surface area contributed by atoms with Gasteiger partial charge in [0, 0.05) is 107 Å². The number of benzene rings is 6. The van der Waals surface area contributed by atoms with Crippen molar-refractivity contribution in [2.45, 2.75) is 45.1 Å². The molecule has 3 radical (unpaired) electrons. The van der Waals surface area contributed by atoms with E-state index in [9.17, 15) is 20.1 Å². The first-order valence-corrected chi connectivity index (χ1v) is 23.8. The van der Waals surface area contributed by atoms with Crippen LogP contribution in [0.4, 0.5) is 0 Å². The van der Waals surface area contributed by atoms with E-state index >= 15 is 0 Å². The van der Waals surface area contributed by atoms with Gasteiger partial charge in [-0.05, 0) is 83.8 Å². The van der Waals surface area contributed by atoms with Crippen molar-refractivity contribution in [3.8, 4) is 33.8 Å². The SMILES string of the molecule is Cc1cc(C=O)c(O)c(C2(C)c3ccccc3-c3ccccc32)c1.Cc1cc(CO)c(O)c(C2(C)c3ccccc3-c3ccccc32)c1.S=S=S.S=S=S=S.[B].[H-].[Na+]. The monoisotopic (exact) mass is 889 g/mol. The Kier molecular flexibility index (Phi) is 18.2. The third-order valence-corrected chi connectivity index (χ3v) is 12.7. The summed E-state index contributed by atoms with van der Waals surface area (Å²) in [5.74, 6) is 0.265. The van der Waals surface area contributed by atoms with Gasteiger partial charge in [-0.2, -0.15) is 0 Å². The molecule has 57 heavy (non-hydrogen) atoms. The molecule has 0 aromatic heterocycles. The summed E-state index contributed by atoms with van der Waals surface area (Å²) in [6.07, 6.45) is 0.724. The number of hydrogen-bond acceptors (Lipinski definition) is 8. The molecule has 0 fully saturated rings. The fourth-order valence-corrected chi connectivity index (χ4v) is 8.12. The summed E-state index contributed by atoms with van der Waals surface area (Å²) < 4.78 is 0. The molecule has 0 heterocycles. The molecule has 0 unspecified atom stereocenters. The van der Waals surface area contributed by atoms with Gasteiger partial charge in [-0.1, -0.05) is 121 Å². The minimum Gasteiger partial charge on any atom is -1.00 e. The summed E-state index contributed by atoms with van der Waals surface area (Å²) in [6, 6.07) is 40.9. The first-order valence-electron chi connectivity index (χ1n) is 17.1. The van der Waals surface area contributed by atoms with E-state index in [1.807, 2.05) is 68.4 Å². The van der Waals surface area contributed by atoms with Gasteiger partial charge in [-0.15, -0.1) is 0 Å². The number of fused-ring (bicyclic) bond motifs is 6. The molecule has 285 valence electrons. The maximum absolute atomic E-state index is 11.4. The average molecular weight is 890 g/mol. The van der Waals surface area contributed by atoms with Gasteiger partial charge in [-0.3, -0.25) is 4.79 Å². The van der Waals surface area contributed by atoms with Crippen LogP contribution in [-0.4, -0.2) is 30.0 Å². The van der Waals surface area contributed by atoms with Gasteiger partial charge in [0.1, 0.15) is 11.5 Å². The Morgan fingerprint density at radius 1 is 0.579 bits per heavy atom. The number of aryl methyl sites for hydroxylation is 2. The second kappa shape index (κ2) is 21.4. The van der Waals surface area contributed by atoms with E-state index < -0.39 is 10.8 Å². The third-order valence-electron chi connectivity index (χ3n) is 10.5. The number of phenols is 2. The molecule has 2 aliphatic rings. The predicted octanol–water partition coefficient (Wildman–Crippen LogP) is 6.09. The molecular formula is C44H39BNaO4S7. The second-order valence-corrected chi connectivity index (χ2v) is 18.8. The zero-order valence-electron chi connectivity index (χ0n) is 33.0. The van der Waals surface area contributed by atoms with Crippen LogP contribution in [0.1, 0.15) is 75.7 Å². The van der Waals surface area contributed by atoms with E-state index in [0.717, 1.165) is 48.5 Å². The third kappa shape index (κ3) is 9.32. The Balaban J connectivity index is 0.000000330. The summed E-state index contributed by atoms with van der Waals surface area (Å²) in [5.41, 5.74) is 13.1. The molecule has 6 aromatic rings. The molecule has 0 atom stereocenters. The number of carbonyl (C=O) groups is 1. The van der Waals surface area contributed by atoms with Crippen molar-refractivity contribution in [3.63, 3.8) is 0 Å². The van der Waals surface area contributed by atoms with Crippen LogP contribution in [0.15, 0.2) is 121 Å². The van der Waals surface area contributed by atoms with Crippen molar-refractivity contribution in [2.75, 3.05) is 0 Å². The molecule has 2 aliphatic carbocycles. The Morgan fingerprint density at radius 3 is 1.21 bits per heavy atom. The molecule has 3 N–H and O–H groups in total. The molecule has 0 bridgehead atoms. The van der Waals surface area contributed by atoms with Gasteiger partial charge in [0.15, 0.2) is 6.29 Å². The summed E-state index contributed by atoms with van der Waals surface area (Å²) in [4.78, 5) is 11.4. The molecule has 8 rings (SSSR count). The molecule has 0 spiro atoms. The van der Waals surface area contributed by atoms with Crippen LogP contribution in [0, 0.1) is 13.8 Å². The molecule has 4 nitrogen and oxygen atoms in total.